The molecule has 1 heterocycles. The molecule has 24 heavy (non-hydrogen) atoms. The van der Waals surface area contributed by atoms with Crippen LogP contribution in [0.5, 0.6) is 11.5 Å². The molecule has 0 aliphatic carbocycles. The zero-order valence-electron chi connectivity index (χ0n) is 12.3. The zero-order chi connectivity index (χ0) is 17.2. The number of ether oxygens (including phenoxy) is 1. The van der Waals surface area contributed by atoms with Crippen molar-refractivity contribution in [3.8, 4) is 22.8 Å². The average Bonchev–Trinajstić information content (AvgIpc) is 3.07. The maximum atomic E-state index is 12.5. The average molecular weight is 334 g/mol. The second-order valence-corrected chi connectivity index (χ2v) is 5.13. The van der Waals surface area contributed by atoms with Crippen LogP contribution in [0.4, 0.5) is 13.2 Å². The molecular formula is C17H13F3N2O2. The topological polar surface area (TPSA) is 58.1 Å². The first-order valence-electron chi connectivity index (χ1n) is 7.05. The first kappa shape index (κ1) is 15.9. The summed E-state index contributed by atoms with van der Waals surface area (Å²) in [5.74, 6) is 0.430. The van der Waals surface area contributed by atoms with Gasteiger partial charge in [0, 0.05) is 17.8 Å². The molecule has 0 aliphatic heterocycles. The van der Waals surface area contributed by atoms with Crippen molar-refractivity contribution in [2.24, 2.45) is 0 Å². The standard InChI is InChI=1S/C17H13F3N2O2/c18-17(19,20)12-3-1-11(2-4-12)10-24-13-5-6-14(16(23)9-13)15-7-8-21-22-15/h1-9,23H,10H2,(H,21,22). The van der Waals surface area contributed by atoms with E-state index in [0.717, 1.165) is 12.1 Å². The molecule has 0 radical (unpaired) electrons. The second kappa shape index (κ2) is 6.27. The van der Waals surface area contributed by atoms with Crippen LogP contribution in [-0.4, -0.2) is 15.3 Å². The highest BCUT2D eigenvalue weighted by Crippen LogP contribution is 2.32. The van der Waals surface area contributed by atoms with Crippen LogP contribution < -0.4 is 4.74 Å². The third kappa shape index (κ3) is 3.51. The predicted molar refractivity (Wildman–Crippen MR) is 81.5 cm³/mol. The number of halogens is 3. The van der Waals surface area contributed by atoms with E-state index in [1.165, 1.54) is 18.2 Å². The van der Waals surface area contributed by atoms with E-state index in [9.17, 15) is 18.3 Å². The quantitative estimate of drug-likeness (QED) is 0.744. The van der Waals surface area contributed by atoms with Crippen LogP contribution in [-0.2, 0) is 12.8 Å². The van der Waals surface area contributed by atoms with E-state index in [1.54, 1.807) is 24.4 Å². The highest BCUT2D eigenvalue weighted by Gasteiger charge is 2.29. The molecule has 0 unspecified atom stereocenters. The Kier molecular flexibility index (Phi) is 4.16. The summed E-state index contributed by atoms with van der Waals surface area (Å²) in [5.41, 5.74) is 1.14. The summed E-state index contributed by atoms with van der Waals surface area (Å²) in [7, 11) is 0. The van der Waals surface area contributed by atoms with Gasteiger partial charge in [-0.2, -0.15) is 18.3 Å². The van der Waals surface area contributed by atoms with Crippen LogP contribution in [0, 0.1) is 0 Å². The third-order valence-electron chi connectivity index (χ3n) is 3.45. The maximum Gasteiger partial charge on any atom is 0.416 e. The Hall–Kier alpha value is -2.96. The number of rotatable bonds is 4. The summed E-state index contributed by atoms with van der Waals surface area (Å²) in [6, 6.07) is 11.3. The maximum absolute atomic E-state index is 12.5. The summed E-state index contributed by atoms with van der Waals surface area (Å²) >= 11 is 0. The van der Waals surface area contributed by atoms with E-state index in [4.69, 9.17) is 4.74 Å². The molecule has 0 fully saturated rings. The van der Waals surface area contributed by atoms with Crippen molar-refractivity contribution in [3.63, 3.8) is 0 Å². The lowest BCUT2D eigenvalue weighted by atomic mass is 10.1. The Bertz CT molecular complexity index is 813. The van der Waals surface area contributed by atoms with Gasteiger partial charge >= 0.3 is 6.18 Å². The zero-order valence-corrected chi connectivity index (χ0v) is 12.3. The monoisotopic (exact) mass is 334 g/mol. The molecule has 2 aromatic carbocycles. The molecule has 0 amide bonds. The van der Waals surface area contributed by atoms with Crippen molar-refractivity contribution in [1.82, 2.24) is 10.2 Å². The van der Waals surface area contributed by atoms with Crippen molar-refractivity contribution in [1.29, 1.82) is 0 Å². The van der Waals surface area contributed by atoms with Gasteiger partial charge in [-0.25, -0.2) is 0 Å². The number of hydrogen-bond donors (Lipinski definition) is 2. The van der Waals surface area contributed by atoms with Crippen LogP contribution in [0.3, 0.4) is 0 Å². The van der Waals surface area contributed by atoms with Crippen molar-refractivity contribution >= 4 is 0 Å². The number of benzene rings is 2. The molecule has 0 aliphatic rings. The summed E-state index contributed by atoms with van der Waals surface area (Å²) in [6.07, 6.45) is -2.78. The number of nitrogens with one attached hydrogen (secondary N) is 1. The number of phenols is 1. The number of hydrogen-bond acceptors (Lipinski definition) is 3. The SMILES string of the molecule is Oc1cc(OCc2ccc(C(F)(F)F)cc2)ccc1-c1ccn[nH]1. The molecule has 0 saturated carbocycles. The van der Waals surface area contributed by atoms with Crippen LogP contribution in [0.25, 0.3) is 11.3 Å². The van der Waals surface area contributed by atoms with Gasteiger partial charge < -0.3 is 9.84 Å². The van der Waals surface area contributed by atoms with Gasteiger partial charge in [0.15, 0.2) is 0 Å². The number of nitrogens with zero attached hydrogens (tertiary/aromatic N) is 1. The lowest BCUT2D eigenvalue weighted by Crippen LogP contribution is -2.05. The predicted octanol–water partition coefficient (Wildman–Crippen LogP) is 4.38. The summed E-state index contributed by atoms with van der Waals surface area (Å²) in [4.78, 5) is 0. The fourth-order valence-corrected chi connectivity index (χ4v) is 2.19. The molecule has 3 aromatic rings. The van der Waals surface area contributed by atoms with Gasteiger partial charge in [-0.1, -0.05) is 12.1 Å². The van der Waals surface area contributed by atoms with Gasteiger partial charge in [0.1, 0.15) is 18.1 Å². The van der Waals surface area contributed by atoms with Gasteiger partial charge in [0.05, 0.1) is 11.3 Å². The Morgan fingerprint density at radius 1 is 1.04 bits per heavy atom. The van der Waals surface area contributed by atoms with E-state index in [1.807, 2.05) is 0 Å². The first-order valence-corrected chi connectivity index (χ1v) is 7.05. The fourth-order valence-electron chi connectivity index (χ4n) is 2.19. The second-order valence-electron chi connectivity index (χ2n) is 5.13. The highest BCUT2D eigenvalue weighted by atomic mass is 19.4. The molecule has 4 nitrogen and oxygen atoms in total. The molecule has 0 spiro atoms. The number of aromatic hydroxyl groups is 1. The molecule has 7 heteroatoms. The Morgan fingerprint density at radius 2 is 1.79 bits per heavy atom. The van der Waals surface area contributed by atoms with E-state index in [0.29, 0.717) is 22.6 Å². The fraction of sp³-hybridized carbons (Fsp3) is 0.118. The summed E-state index contributed by atoms with van der Waals surface area (Å²) in [6.45, 7) is 0.0982. The normalized spacial score (nSPS) is 11.5. The van der Waals surface area contributed by atoms with E-state index in [2.05, 4.69) is 10.2 Å². The minimum atomic E-state index is -4.35. The molecule has 124 valence electrons. The molecule has 0 bridgehead atoms. The van der Waals surface area contributed by atoms with Crippen LogP contribution in [0.15, 0.2) is 54.7 Å². The summed E-state index contributed by atoms with van der Waals surface area (Å²) < 4.78 is 43.0. The number of aromatic nitrogens is 2. The number of phenolic OH excluding ortho intramolecular Hbond substituents is 1. The molecule has 3 rings (SSSR count). The number of aromatic amines is 1. The molecule has 0 saturated heterocycles. The minimum absolute atomic E-state index is 0.0177. The Balaban J connectivity index is 1.68. The van der Waals surface area contributed by atoms with E-state index in [-0.39, 0.29) is 12.4 Å². The molecular weight excluding hydrogens is 321 g/mol. The van der Waals surface area contributed by atoms with Crippen LogP contribution >= 0.6 is 0 Å². The lowest BCUT2D eigenvalue weighted by Gasteiger charge is -2.10. The van der Waals surface area contributed by atoms with Gasteiger partial charge in [0.2, 0.25) is 0 Å². The molecule has 1 aromatic heterocycles. The van der Waals surface area contributed by atoms with Crippen molar-refractivity contribution in [2.75, 3.05) is 0 Å². The van der Waals surface area contributed by atoms with E-state index >= 15 is 0 Å². The smallest absolute Gasteiger partial charge is 0.416 e. The van der Waals surface area contributed by atoms with Gasteiger partial charge in [-0.3, -0.25) is 5.10 Å². The summed E-state index contributed by atoms with van der Waals surface area (Å²) in [5, 5.41) is 16.6. The largest absolute Gasteiger partial charge is 0.507 e. The Labute approximate surface area is 135 Å². The first-order chi connectivity index (χ1) is 11.4. The van der Waals surface area contributed by atoms with Gasteiger partial charge in [0.25, 0.3) is 0 Å². The van der Waals surface area contributed by atoms with Crippen molar-refractivity contribution in [2.45, 2.75) is 12.8 Å². The number of H-pyrrole nitrogens is 1. The van der Waals surface area contributed by atoms with Gasteiger partial charge in [-0.05, 0) is 35.9 Å². The van der Waals surface area contributed by atoms with Crippen molar-refractivity contribution in [3.05, 3.63) is 65.9 Å². The lowest BCUT2D eigenvalue weighted by molar-refractivity contribution is -0.137. The van der Waals surface area contributed by atoms with Crippen LogP contribution in [0.1, 0.15) is 11.1 Å². The Morgan fingerprint density at radius 3 is 2.38 bits per heavy atom. The molecule has 0 atom stereocenters. The van der Waals surface area contributed by atoms with Gasteiger partial charge in [-0.15, -0.1) is 0 Å². The van der Waals surface area contributed by atoms with Crippen molar-refractivity contribution < 1.29 is 23.0 Å². The number of alkyl halides is 3. The molecule has 2 N–H and O–H groups in total. The van der Waals surface area contributed by atoms with E-state index < -0.39 is 11.7 Å². The van der Waals surface area contributed by atoms with Crippen LogP contribution in [0.2, 0.25) is 0 Å². The highest BCUT2D eigenvalue weighted by molar-refractivity contribution is 5.67. The third-order valence-corrected chi connectivity index (χ3v) is 3.45. The minimum Gasteiger partial charge on any atom is -0.507 e.